The van der Waals surface area contributed by atoms with Crippen molar-refractivity contribution in [1.82, 2.24) is 0 Å². The second-order valence-electron chi connectivity index (χ2n) is 3.14. The van der Waals surface area contributed by atoms with Crippen LogP contribution >= 0.6 is 7.60 Å². The highest BCUT2D eigenvalue weighted by molar-refractivity contribution is 7.60. The Balaban J connectivity index is 3.18. The molecule has 88 valence electrons. The molecule has 0 spiro atoms. The summed E-state index contributed by atoms with van der Waals surface area (Å²) in [6.07, 6.45) is 0. The average molecular weight is 244 g/mol. The number of nitro groups is 1. The van der Waals surface area contributed by atoms with E-state index in [9.17, 15) is 19.6 Å². The number of benzene rings is 1. The van der Waals surface area contributed by atoms with Gasteiger partial charge >= 0.3 is 0 Å². The van der Waals surface area contributed by atoms with E-state index in [1.54, 1.807) is 6.92 Å². The van der Waals surface area contributed by atoms with Crippen molar-refractivity contribution in [1.29, 1.82) is 0 Å². The third-order valence-corrected chi connectivity index (χ3v) is 3.68. The predicted octanol–water partition coefficient (Wildman–Crippen LogP) is 1.12. The third-order valence-electron chi connectivity index (χ3n) is 1.99. The lowest BCUT2D eigenvalue weighted by Gasteiger charge is -2.24. The summed E-state index contributed by atoms with van der Waals surface area (Å²) in [6, 6.07) is 3.54. The van der Waals surface area contributed by atoms with Gasteiger partial charge in [0.1, 0.15) is 0 Å². The van der Waals surface area contributed by atoms with Crippen LogP contribution in [0.1, 0.15) is 12.5 Å². The van der Waals surface area contributed by atoms with Crippen LogP contribution in [0.3, 0.4) is 0 Å². The summed E-state index contributed by atoms with van der Waals surface area (Å²) in [5.74, 6) is 0. The van der Waals surface area contributed by atoms with Crippen molar-refractivity contribution < 1.29 is 18.9 Å². The molecule has 0 aliphatic heterocycles. The lowest BCUT2D eigenvalue weighted by Crippen LogP contribution is -2.20. The van der Waals surface area contributed by atoms with Gasteiger partial charge in [-0.1, -0.05) is 0 Å². The highest BCUT2D eigenvalue weighted by atomic mass is 31.2. The standard InChI is InChI=1S/C9H12NO5P/c1-3-15-16(13,14)9-5-4-8(10(11)12)6-7(9)2/h4-6H,3H2,1-2H3,(H,13,14)/p-1. The second-order valence-corrected chi connectivity index (χ2v) is 4.88. The highest BCUT2D eigenvalue weighted by Crippen LogP contribution is 2.37. The molecule has 0 saturated heterocycles. The van der Waals surface area contributed by atoms with Gasteiger partial charge in [0, 0.05) is 17.4 Å². The SMILES string of the molecule is CCOP(=O)([O-])c1ccc([N+](=O)[O-])cc1C. The normalized spacial score (nSPS) is 14.4. The molecule has 16 heavy (non-hydrogen) atoms. The summed E-state index contributed by atoms with van der Waals surface area (Å²) in [7, 11) is -4.11. The van der Waals surface area contributed by atoms with Crippen LogP contribution < -0.4 is 10.2 Å². The Kier molecular flexibility index (Phi) is 3.80. The van der Waals surface area contributed by atoms with Crippen LogP contribution in [-0.4, -0.2) is 11.5 Å². The molecule has 0 N–H and O–H groups in total. The van der Waals surface area contributed by atoms with Crippen LogP contribution in [0.25, 0.3) is 0 Å². The van der Waals surface area contributed by atoms with Crippen molar-refractivity contribution in [3.05, 3.63) is 33.9 Å². The average Bonchev–Trinajstić information content (AvgIpc) is 2.16. The molecule has 0 aliphatic carbocycles. The fourth-order valence-corrected chi connectivity index (χ4v) is 2.53. The Hall–Kier alpha value is -1.23. The van der Waals surface area contributed by atoms with Crippen LogP contribution in [0.2, 0.25) is 0 Å². The number of nitrogens with zero attached hydrogens (tertiary/aromatic N) is 1. The van der Waals surface area contributed by atoms with E-state index in [4.69, 9.17) is 0 Å². The van der Waals surface area contributed by atoms with Crippen molar-refractivity contribution in [3.8, 4) is 0 Å². The molecule has 0 radical (unpaired) electrons. The zero-order valence-corrected chi connectivity index (χ0v) is 9.77. The summed E-state index contributed by atoms with van der Waals surface area (Å²) >= 11 is 0. The number of hydrogen-bond donors (Lipinski definition) is 0. The summed E-state index contributed by atoms with van der Waals surface area (Å²) in [6.45, 7) is 3.09. The Bertz CT molecular complexity index is 459. The maximum atomic E-state index is 11.6. The van der Waals surface area contributed by atoms with Gasteiger partial charge in [0.15, 0.2) is 7.60 Å². The number of nitro benzene ring substituents is 1. The summed E-state index contributed by atoms with van der Waals surface area (Å²) < 4.78 is 16.2. The molecule has 7 heteroatoms. The molecule has 0 saturated carbocycles. The van der Waals surface area contributed by atoms with Gasteiger partial charge < -0.3 is 14.0 Å². The van der Waals surface area contributed by atoms with Crippen molar-refractivity contribution in [3.63, 3.8) is 0 Å². The maximum absolute atomic E-state index is 11.6. The smallest absolute Gasteiger partial charge is 0.269 e. The first kappa shape index (κ1) is 12.8. The molecule has 0 amide bonds. The maximum Gasteiger partial charge on any atom is 0.269 e. The molecule has 1 aromatic rings. The molecule has 0 heterocycles. The van der Waals surface area contributed by atoms with E-state index >= 15 is 0 Å². The molecule has 6 nitrogen and oxygen atoms in total. The van der Waals surface area contributed by atoms with Crippen molar-refractivity contribution in [2.24, 2.45) is 0 Å². The number of rotatable bonds is 4. The number of non-ortho nitro benzene ring substituents is 1. The van der Waals surface area contributed by atoms with Crippen LogP contribution in [-0.2, 0) is 9.09 Å². The van der Waals surface area contributed by atoms with Crippen LogP contribution in [0, 0.1) is 17.0 Å². The summed E-state index contributed by atoms with van der Waals surface area (Å²) in [5, 5.41) is 10.5. The predicted molar refractivity (Wildman–Crippen MR) is 56.7 cm³/mol. The highest BCUT2D eigenvalue weighted by Gasteiger charge is 2.16. The molecule has 1 atom stereocenters. The number of hydrogen-bond acceptors (Lipinski definition) is 5. The van der Waals surface area contributed by atoms with E-state index < -0.39 is 12.5 Å². The quantitative estimate of drug-likeness (QED) is 0.449. The van der Waals surface area contributed by atoms with Gasteiger partial charge in [-0.25, -0.2) is 0 Å². The van der Waals surface area contributed by atoms with E-state index in [0.717, 1.165) is 6.07 Å². The Morgan fingerprint density at radius 3 is 2.56 bits per heavy atom. The van der Waals surface area contributed by atoms with Crippen LogP contribution in [0.15, 0.2) is 18.2 Å². The van der Waals surface area contributed by atoms with E-state index in [-0.39, 0.29) is 17.6 Å². The second kappa shape index (κ2) is 4.74. The van der Waals surface area contributed by atoms with Crippen molar-refractivity contribution in [2.75, 3.05) is 6.61 Å². The zero-order chi connectivity index (χ0) is 12.3. The molecule has 0 bridgehead atoms. The number of aryl methyl sites for hydroxylation is 1. The molecule has 0 aliphatic rings. The fraction of sp³-hybridized carbons (Fsp3) is 0.333. The third kappa shape index (κ3) is 2.66. The van der Waals surface area contributed by atoms with Crippen LogP contribution in [0.5, 0.6) is 0 Å². The Morgan fingerprint density at radius 2 is 2.12 bits per heavy atom. The lowest BCUT2D eigenvalue weighted by molar-refractivity contribution is -0.384. The van der Waals surface area contributed by atoms with Crippen molar-refractivity contribution >= 4 is 18.6 Å². The first-order chi connectivity index (χ1) is 7.38. The van der Waals surface area contributed by atoms with E-state index in [2.05, 4.69) is 4.52 Å². The summed E-state index contributed by atoms with van der Waals surface area (Å²) in [5.41, 5.74) is 0.165. The lowest BCUT2D eigenvalue weighted by atomic mass is 10.2. The molecule has 0 aromatic heterocycles. The van der Waals surface area contributed by atoms with Gasteiger partial charge in [-0.3, -0.25) is 10.1 Å². The van der Waals surface area contributed by atoms with Gasteiger partial charge in [0.05, 0.1) is 11.5 Å². The molecule has 1 rings (SSSR count). The van der Waals surface area contributed by atoms with E-state index in [1.165, 1.54) is 19.1 Å². The monoisotopic (exact) mass is 244 g/mol. The molecule has 0 fully saturated rings. The van der Waals surface area contributed by atoms with Gasteiger partial charge in [-0.2, -0.15) is 0 Å². The molecular formula is C9H11NO5P-. The largest absolute Gasteiger partial charge is 0.775 e. The fourth-order valence-electron chi connectivity index (χ4n) is 1.30. The minimum Gasteiger partial charge on any atom is -0.775 e. The molecular weight excluding hydrogens is 233 g/mol. The zero-order valence-electron chi connectivity index (χ0n) is 8.87. The Labute approximate surface area is 92.5 Å². The van der Waals surface area contributed by atoms with Gasteiger partial charge in [-0.15, -0.1) is 0 Å². The molecule has 1 aromatic carbocycles. The van der Waals surface area contributed by atoms with Gasteiger partial charge in [0.25, 0.3) is 5.69 Å². The van der Waals surface area contributed by atoms with E-state index in [0.29, 0.717) is 5.56 Å². The van der Waals surface area contributed by atoms with Crippen LogP contribution in [0.4, 0.5) is 5.69 Å². The minimum absolute atomic E-state index is 0.0139. The minimum atomic E-state index is -4.11. The first-order valence-electron chi connectivity index (χ1n) is 4.59. The van der Waals surface area contributed by atoms with E-state index in [1.807, 2.05) is 0 Å². The Morgan fingerprint density at radius 1 is 1.50 bits per heavy atom. The van der Waals surface area contributed by atoms with Crippen molar-refractivity contribution in [2.45, 2.75) is 13.8 Å². The topological polar surface area (TPSA) is 92.5 Å². The van der Waals surface area contributed by atoms with Gasteiger partial charge in [0.2, 0.25) is 0 Å². The summed E-state index contributed by atoms with van der Waals surface area (Å²) in [4.78, 5) is 21.5. The molecule has 1 unspecified atom stereocenters. The first-order valence-corrected chi connectivity index (χ1v) is 6.14. The van der Waals surface area contributed by atoms with Gasteiger partial charge in [-0.05, 0) is 25.5 Å².